The van der Waals surface area contributed by atoms with Gasteiger partial charge in [0.05, 0.1) is 23.9 Å². The van der Waals surface area contributed by atoms with Gasteiger partial charge in [-0.3, -0.25) is 9.59 Å². The average molecular weight is 1540 g/mol. The maximum Gasteiger partial charge on any atom is 0.335 e. The van der Waals surface area contributed by atoms with Crippen LogP contribution >= 0.6 is 98.4 Å². The summed E-state index contributed by atoms with van der Waals surface area (Å²) in [6, 6.07) is 22.1. The molecule has 0 aliphatic heterocycles. The molecule has 9 rings (SSSR count). The Morgan fingerprint density at radius 2 is 0.873 bits per heavy atom. The van der Waals surface area contributed by atoms with Crippen LogP contribution in [-0.4, -0.2) is 60.1 Å². The number of ether oxygens (including phenoxy) is 3. The summed E-state index contributed by atoms with van der Waals surface area (Å²) in [5.74, 6) is 6.87. The number of rotatable bonds is 10. The zero-order valence-electron chi connectivity index (χ0n) is 36.6. The third kappa shape index (κ3) is 18.1. The molecule has 1 amide bonds. The molecular formula is C49H64I6NO7-. The van der Waals surface area contributed by atoms with E-state index in [0.29, 0.717) is 48.8 Å². The van der Waals surface area contributed by atoms with Gasteiger partial charge in [-0.2, -0.15) is 0 Å². The minimum absolute atomic E-state index is 0. The largest absolute Gasteiger partial charge is 0.490 e. The minimum atomic E-state index is -0.899. The number of fused-ring (bicyclic) bond motifs is 6. The van der Waals surface area contributed by atoms with Crippen molar-refractivity contribution in [1.82, 2.24) is 4.90 Å². The predicted molar refractivity (Wildman–Crippen MR) is 294 cm³/mol. The van der Waals surface area contributed by atoms with Crippen LogP contribution in [0.5, 0.6) is 17.2 Å². The molecule has 0 spiro atoms. The summed E-state index contributed by atoms with van der Waals surface area (Å²) in [4.78, 5) is 36.2. The van der Waals surface area contributed by atoms with E-state index < -0.39 is 5.97 Å². The number of benzene rings is 3. The molecule has 1 N–H and O–H groups in total. The fourth-order valence-electron chi connectivity index (χ4n) is 10.8. The number of ketones is 1. The number of halogens is 6. The predicted octanol–water partition coefficient (Wildman–Crippen LogP) is 12.1. The van der Waals surface area contributed by atoms with E-state index in [1.54, 1.807) is 37.2 Å². The molecule has 3 aromatic rings. The molecule has 6 fully saturated rings. The number of Topliss-reactive ketones (excluding diaryl/α,β-unsaturated/α-hetero) is 1. The molecule has 350 valence electrons. The van der Waals surface area contributed by atoms with Crippen LogP contribution in [0, 0.1) is 35.5 Å². The first-order valence-electron chi connectivity index (χ1n) is 22.3. The van der Waals surface area contributed by atoms with Crippen LogP contribution in [0.25, 0.3) is 0 Å². The van der Waals surface area contributed by atoms with Crippen molar-refractivity contribution in [2.24, 2.45) is 35.5 Å². The number of carbonyl (C=O) groups excluding carboxylic acids is 2. The third-order valence-electron chi connectivity index (χ3n) is 13.5. The van der Waals surface area contributed by atoms with E-state index in [0.717, 1.165) is 65.4 Å². The standard InChI is InChI=1S/C17H23NO2.C17H22O2.C15H18O3.I3.I2.HI/c1-18(2)17(19)14-4-3-5-15(11-14)20-16-9-12-6-7-13(8-12)10-16;1-2-17(18)14-4-3-5-15(11-14)19-16-9-12-6-7-13(8-12)10-16;16-15(17)12-2-1-3-13(9-12)18-14-7-10-4-5-11(6-10)8-14;1-3-2;1-2;/h3-5,11-13,16H,6-10H2,1-2H3;3-5,11-13,16H,2,6-10H2,1H3;1-3,9-11,14H,4-8H2,(H,16,17);;;1H/q;;;-1;;/t2*12-,13+,16?;10-,11+,14?;;;. The van der Waals surface area contributed by atoms with Crippen LogP contribution in [0.4, 0.5) is 0 Å². The second-order valence-corrected chi connectivity index (χ2v) is 34.4. The van der Waals surface area contributed by atoms with Crippen LogP contribution in [0.2, 0.25) is 0 Å². The Morgan fingerprint density at radius 1 is 0.571 bits per heavy atom. The first kappa shape index (κ1) is 55.6. The maximum absolute atomic E-state index is 12.0. The van der Waals surface area contributed by atoms with Crippen molar-refractivity contribution >= 4 is 116 Å². The van der Waals surface area contributed by atoms with Gasteiger partial charge >= 0.3 is 56.5 Å². The molecule has 6 saturated carbocycles. The number of carboxylic acids is 1. The second kappa shape index (κ2) is 29.2. The van der Waals surface area contributed by atoms with Crippen molar-refractivity contribution < 1.29 is 47.0 Å². The third-order valence-corrected chi connectivity index (χ3v) is 13.5. The summed E-state index contributed by atoms with van der Waals surface area (Å²) in [6.45, 7) is 1.90. The average Bonchev–Trinajstić information content (AvgIpc) is 3.93. The summed E-state index contributed by atoms with van der Waals surface area (Å²) in [5.41, 5.74) is 1.77. The molecule has 6 bridgehead atoms. The number of amides is 1. The molecule has 0 heterocycles. The van der Waals surface area contributed by atoms with Crippen LogP contribution in [0.3, 0.4) is 0 Å². The summed E-state index contributed by atoms with van der Waals surface area (Å²) < 4.78 is 18.2. The molecule has 9 atom stereocenters. The first-order valence-corrected chi connectivity index (χ1v) is 41.1. The number of carboxylic acid groups (broad SMARTS) is 1. The van der Waals surface area contributed by atoms with Gasteiger partial charge in [-0.25, -0.2) is 4.79 Å². The van der Waals surface area contributed by atoms with E-state index in [-0.39, 0.29) is 41.8 Å². The van der Waals surface area contributed by atoms with Crippen molar-refractivity contribution in [3.05, 3.63) is 89.5 Å². The Kier molecular flexibility index (Phi) is 25.8. The van der Waals surface area contributed by atoms with Gasteiger partial charge in [-0.15, -0.1) is 24.0 Å². The molecule has 8 nitrogen and oxygen atoms in total. The second-order valence-electron chi connectivity index (χ2n) is 18.2. The molecule has 0 saturated heterocycles. The molecule has 3 unspecified atom stereocenters. The number of aromatic carboxylic acids is 1. The van der Waals surface area contributed by atoms with Gasteiger partial charge in [0.1, 0.15) is 17.2 Å². The van der Waals surface area contributed by atoms with E-state index in [9.17, 15) is 14.4 Å². The molecule has 6 aliphatic rings. The Bertz CT molecular complexity index is 1850. The van der Waals surface area contributed by atoms with E-state index in [1.807, 2.05) is 61.5 Å². The van der Waals surface area contributed by atoms with Crippen LogP contribution in [-0.2, 0) is 0 Å². The van der Waals surface area contributed by atoms with E-state index in [2.05, 4.69) is 74.5 Å². The Morgan fingerprint density at radius 3 is 1.19 bits per heavy atom. The van der Waals surface area contributed by atoms with Crippen LogP contribution in [0.15, 0.2) is 72.8 Å². The molecule has 6 aliphatic carbocycles. The summed E-state index contributed by atoms with van der Waals surface area (Å²) in [6.07, 6.45) is 21.0. The van der Waals surface area contributed by atoms with E-state index >= 15 is 0 Å². The fraction of sp³-hybridized carbons (Fsp3) is 0.571. The topological polar surface area (TPSA) is 102 Å². The van der Waals surface area contributed by atoms with Crippen LogP contribution in [0.1, 0.15) is 141 Å². The SMILES string of the molecule is CCC(=O)c1cccc(OC2C[C@H]3CC[C@@H](C2)C3)c1.CN(C)C(=O)c1cccc(OC2C[C@H]3CC[C@@H](C2)C3)c1.I.II.I[I-]I.O=C(O)c1cccc(OC2C[C@H]3CC[C@@H](C2)C3)c1. The molecular weight excluding hydrogens is 1480 g/mol. The van der Waals surface area contributed by atoms with Gasteiger partial charge in [0, 0.05) is 68.9 Å². The van der Waals surface area contributed by atoms with Gasteiger partial charge in [0.15, 0.2) is 5.78 Å². The monoisotopic (exact) mass is 1540 g/mol. The van der Waals surface area contributed by atoms with Crippen molar-refractivity contribution in [3.63, 3.8) is 0 Å². The van der Waals surface area contributed by atoms with Crippen LogP contribution < -0.4 is 27.5 Å². The zero-order valence-corrected chi connectivity index (χ0v) is 49.7. The summed E-state index contributed by atoms with van der Waals surface area (Å²) in [5, 5.41) is 8.95. The molecule has 0 aromatic heterocycles. The fourth-order valence-corrected chi connectivity index (χ4v) is 10.8. The quantitative estimate of drug-likeness (QED) is 0.159. The molecule has 63 heavy (non-hydrogen) atoms. The Labute approximate surface area is 446 Å². The minimum Gasteiger partial charge on any atom is -0.490 e. The number of nitrogens with zero attached hydrogens (tertiary/aromatic N) is 1. The Balaban J connectivity index is 0.000000196. The van der Waals surface area contributed by atoms with E-state index in [4.69, 9.17) is 19.3 Å². The number of carbonyl (C=O) groups is 3. The van der Waals surface area contributed by atoms with Crippen molar-refractivity contribution in [2.75, 3.05) is 14.1 Å². The van der Waals surface area contributed by atoms with Gasteiger partial charge in [0.2, 0.25) is 0 Å². The van der Waals surface area contributed by atoms with Gasteiger partial charge in [-0.05, 0) is 142 Å². The number of hydrogen-bond donors (Lipinski definition) is 1. The van der Waals surface area contributed by atoms with Crippen molar-refractivity contribution in [3.8, 4) is 17.2 Å². The summed E-state index contributed by atoms with van der Waals surface area (Å²) in [7, 11) is 3.55. The van der Waals surface area contributed by atoms with Gasteiger partial charge in [0.25, 0.3) is 5.91 Å². The van der Waals surface area contributed by atoms with E-state index in [1.165, 1.54) is 83.5 Å². The smallest absolute Gasteiger partial charge is 0.335 e. The molecule has 0 radical (unpaired) electrons. The summed E-state index contributed by atoms with van der Waals surface area (Å²) >= 11 is 9.54. The number of hydrogen-bond acceptors (Lipinski definition) is 6. The molecule has 14 heteroatoms. The Hall–Kier alpha value is 0.0500. The molecule has 3 aromatic carbocycles. The van der Waals surface area contributed by atoms with Gasteiger partial charge in [-0.1, -0.05) is 69.7 Å². The van der Waals surface area contributed by atoms with Crippen molar-refractivity contribution in [2.45, 2.75) is 128 Å². The first-order chi connectivity index (χ1) is 30.0. The van der Waals surface area contributed by atoms with Crippen molar-refractivity contribution in [1.29, 1.82) is 0 Å². The van der Waals surface area contributed by atoms with Gasteiger partial charge < -0.3 is 24.2 Å². The zero-order chi connectivity index (χ0) is 44.6. The normalized spacial score (nSPS) is 26.8. The maximum atomic E-state index is 12.0.